The lowest BCUT2D eigenvalue weighted by Crippen LogP contribution is -2.51. The number of carbonyl (C=O) groups excluding carboxylic acids is 3. The second kappa shape index (κ2) is 23.8. The van der Waals surface area contributed by atoms with Crippen LogP contribution < -0.4 is 21.5 Å². The molecule has 0 saturated carbocycles. The Labute approximate surface area is 365 Å². The summed E-state index contributed by atoms with van der Waals surface area (Å²) in [4.78, 5) is 65.5. The second-order valence-corrected chi connectivity index (χ2v) is 16.5. The maximum Gasteiger partial charge on any atom is 0.272 e. The van der Waals surface area contributed by atoms with E-state index in [1.165, 1.54) is 4.57 Å². The number of pyridine rings is 1. The number of piperazine rings is 1. The zero-order valence-electron chi connectivity index (χ0n) is 37.3. The lowest BCUT2D eigenvalue weighted by molar-refractivity contribution is -0.122. The summed E-state index contributed by atoms with van der Waals surface area (Å²) in [6.45, 7) is 15.6. The molecule has 0 unspecified atom stereocenters. The van der Waals surface area contributed by atoms with Gasteiger partial charge in [0.25, 0.3) is 17.4 Å². The molecule has 2 aromatic carbocycles. The molecule has 0 bridgehead atoms. The smallest absolute Gasteiger partial charge is 0.272 e. The topological polar surface area (TPSA) is 169 Å². The molecule has 334 valence electrons. The van der Waals surface area contributed by atoms with Crippen LogP contribution in [0.2, 0.25) is 0 Å². The largest absolute Gasteiger partial charge is 0.379 e. The third-order valence-electron chi connectivity index (χ3n) is 10.7. The summed E-state index contributed by atoms with van der Waals surface area (Å²) in [6, 6.07) is 16.7. The molecule has 1 aliphatic rings. The van der Waals surface area contributed by atoms with Crippen molar-refractivity contribution in [1.29, 1.82) is 0 Å². The van der Waals surface area contributed by atoms with Crippen molar-refractivity contribution in [2.24, 2.45) is 7.05 Å². The first-order chi connectivity index (χ1) is 29.8. The van der Waals surface area contributed by atoms with Crippen LogP contribution in [0.5, 0.6) is 0 Å². The molecule has 5 rings (SSSR count). The highest BCUT2D eigenvalue weighted by atomic mass is 16.5. The van der Waals surface area contributed by atoms with Crippen LogP contribution in [-0.4, -0.2) is 135 Å². The Morgan fingerprint density at radius 2 is 1.45 bits per heavy atom. The molecule has 3 heterocycles. The number of ether oxygens (including phenoxy) is 3. The van der Waals surface area contributed by atoms with E-state index in [0.717, 1.165) is 36.3 Å². The van der Waals surface area contributed by atoms with E-state index in [4.69, 9.17) is 19.2 Å². The Bertz CT molecular complexity index is 2130. The normalized spacial score (nSPS) is 13.3. The van der Waals surface area contributed by atoms with Crippen molar-refractivity contribution in [3.63, 3.8) is 0 Å². The van der Waals surface area contributed by atoms with E-state index >= 15 is 0 Å². The zero-order valence-corrected chi connectivity index (χ0v) is 37.3. The Morgan fingerprint density at radius 3 is 2.08 bits per heavy atom. The first-order valence-corrected chi connectivity index (χ1v) is 21.5. The van der Waals surface area contributed by atoms with Crippen molar-refractivity contribution in [2.75, 3.05) is 97.8 Å². The lowest BCUT2D eigenvalue weighted by Gasteiger charge is -2.34. The summed E-state index contributed by atoms with van der Waals surface area (Å²) in [5.74, 6) is -0.397. The summed E-state index contributed by atoms with van der Waals surface area (Å²) in [6.07, 6.45) is 5.09. The summed E-state index contributed by atoms with van der Waals surface area (Å²) in [5, 5.41) is 9.07. The molecule has 0 aliphatic carbocycles. The molecular formula is C47H64N8O7. The van der Waals surface area contributed by atoms with Crippen LogP contribution in [0.25, 0.3) is 11.3 Å². The van der Waals surface area contributed by atoms with Crippen LogP contribution in [0.3, 0.4) is 0 Å². The molecule has 0 atom stereocenters. The van der Waals surface area contributed by atoms with Crippen molar-refractivity contribution in [3.05, 3.63) is 111 Å². The number of aromatic nitrogens is 3. The van der Waals surface area contributed by atoms with E-state index in [0.29, 0.717) is 106 Å². The molecule has 1 aliphatic heterocycles. The van der Waals surface area contributed by atoms with E-state index in [1.54, 1.807) is 36.5 Å². The highest BCUT2D eigenvalue weighted by Crippen LogP contribution is 2.28. The Morgan fingerprint density at radius 1 is 0.806 bits per heavy atom. The van der Waals surface area contributed by atoms with Gasteiger partial charge in [-0.05, 0) is 80.2 Å². The first kappa shape index (κ1) is 47.7. The van der Waals surface area contributed by atoms with Gasteiger partial charge in [-0.1, -0.05) is 45.0 Å². The van der Waals surface area contributed by atoms with E-state index in [2.05, 4.69) is 41.7 Å². The van der Waals surface area contributed by atoms with Crippen LogP contribution in [0.15, 0.2) is 71.8 Å². The fourth-order valence-electron chi connectivity index (χ4n) is 6.95. The molecule has 0 radical (unpaired) electrons. The van der Waals surface area contributed by atoms with Gasteiger partial charge in [-0.3, -0.25) is 29.1 Å². The van der Waals surface area contributed by atoms with E-state index in [1.807, 2.05) is 61.3 Å². The molecule has 1 fully saturated rings. The fraction of sp³-hybridized carbons (Fsp3) is 0.489. The summed E-state index contributed by atoms with van der Waals surface area (Å²) < 4.78 is 18.1. The van der Waals surface area contributed by atoms with Crippen molar-refractivity contribution in [1.82, 2.24) is 35.0 Å². The second-order valence-electron chi connectivity index (χ2n) is 16.5. The minimum atomic E-state index is -0.248. The minimum Gasteiger partial charge on any atom is -0.379 e. The molecule has 2 aromatic heterocycles. The van der Waals surface area contributed by atoms with Crippen molar-refractivity contribution in [2.45, 2.75) is 52.4 Å². The SMILES string of the molecule is CNCCCOCCOCCOCCCNC(=O)CN1CCN(C(=O)c2ccc(Cc3nc(-c4cccc(NC(=O)c5ccc(C(C)(C)C)cc5)c4C)cn(C)c3=O)nc2)CC1. The fourth-order valence-corrected chi connectivity index (χ4v) is 6.95. The van der Waals surface area contributed by atoms with Gasteiger partial charge in [0, 0.05) is 94.3 Å². The maximum absolute atomic E-state index is 13.4. The van der Waals surface area contributed by atoms with Gasteiger partial charge in [-0.2, -0.15) is 0 Å². The standard InChI is InChI=1S/C47H64N8O7/c1-34-39(10-7-11-40(34)52-44(57)35-12-15-37(16-13-35)47(2,3)4)42-32-53(6)46(59)41(51-42)30-38-17-14-36(31-50-38)45(58)55-22-20-54(21-23-55)33-43(56)49-19-9-25-61-27-29-62-28-26-60-24-8-18-48-5/h7,10-17,31-32,48H,8-9,18-30,33H2,1-6H3,(H,49,56)(H,52,57). The molecular weight excluding hydrogens is 789 g/mol. The van der Waals surface area contributed by atoms with Crippen LogP contribution in [0.4, 0.5) is 5.69 Å². The third-order valence-corrected chi connectivity index (χ3v) is 10.7. The average Bonchev–Trinajstić information content (AvgIpc) is 3.26. The number of aryl methyl sites for hydroxylation is 1. The van der Waals surface area contributed by atoms with Gasteiger partial charge < -0.3 is 39.6 Å². The van der Waals surface area contributed by atoms with Crippen molar-refractivity contribution < 1.29 is 28.6 Å². The highest BCUT2D eigenvalue weighted by Gasteiger charge is 2.24. The molecule has 0 spiro atoms. The molecule has 62 heavy (non-hydrogen) atoms. The Hall–Kier alpha value is -5.32. The quantitative estimate of drug-likeness (QED) is 0.0969. The van der Waals surface area contributed by atoms with Crippen LogP contribution in [-0.2, 0) is 37.9 Å². The van der Waals surface area contributed by atoms with E-state index in [9.17, 15) is 19.2 Å². The summed E-state index contributed by atoms with van der Waals surface area (Å²) >= 11 is 0. The Balaban J connectivity index is 1.05. The number of hydrogen-bond donors (Lipinski definition) is 3. The van der Waals surface area contributed by atoms with Gasteiger partial charge >= 0.3 is 0 Å². The number of rotatable bonds is 22. The monoisotopic (exact) mass is 852 g/mol. The molecule has 4 aromatic rings. The number of anilines is 1. The number of nitrogens with one attached hydrogen (secondary N) is 3. The predicted octanol–water partition coefficient (Wildman–Crippen LogP) is 4.21. The van der Waals surface area contributed by atoms with Gasteiger partial charge in [-0.25, -0.2) is 4.98 Å². The van der Waals surface area contributed by atoms with Crippen molar-refractivity contribution in [3.8, 4) is 11.3 Å². The molecule has 1 saturated heterocycles. The average molecular weight is 853 g/mol. The highest BCUT2D eigenvalue weighted by molar-refractivity contribution is 6.05. The van der Waals surface area contributed by atoms with Gasteiger partial charge in [0.2, 0.25) is 5.91 Å². The zero-order chi connectivity index (χ0) is 44.5. The minimum absolute atomic E-state index is 0.0154. The van der Waals surface area contributed by atoms with Crippen LogP contribution in [0, 0.1) is 6.92 Å². The molecule has 3 N–H and O–H groups in total. The number of hydrogen-bond acceptors (Lipinski definition) is 11. The van der Waals surface area contributed by atoms with Crippen LogP contribution in [0.1, 0.15) is 76.8 Å². The molecule has 15 heteroatoms. The Kier molecular flexibility index (Phi) is 18.3. The van der Waals surface area contributed by atoms with E-state index < -0.39 is 0 Å². The number of benzene rings is 2. The van der Waals surface area contributed by atoms with Gasteiger partial charge in [0.15, 0.2) is 0 Å². The third kappa shape index (κ3) is 14.4. The van der Waals surface area contributed by atoms with Crippen molar-refractivity contribution >= 4 is 23.4 Å². The summed E-state index contributed by atoms with van der Waals surface area (Å²) in [5.41, 5.74) is 5.65. The molecule has 3 amide bonds. The van der Waals surface area contributed by atoms with Gasteiger partial charge in [-0.15, -0.1) is 0 Å². The number of nitrogens with zero attached hydrogens (tertiary/aromatic N) is 5. The van der Waals surface area contributed by atoms with Gasteiger partial charge in [0.1, 0.15) is 5.69 Å². The number of amides is 3. The lowest BCUT2D eigenvalue weighted by atomic mass is 9.86. The van der Waals surface area contributed by atoms with Crippen LogP contribution >= 0.6 is 0 Å². The maximum atomic E-state index is 13.4. The first-order valence-electron chi connectivity index (χ1n) is 21.5. The summed E-state index contributed by atoms with van der Waals surface area (Å²) in [7, 11) is 3.61. The van der Waals surface area contributed by atoms with Gasteiger partial charge in [0.05, 0.1) is 44.2 Å². The predicted molar refractivity (Wildman–Crippen MR) is 241 cm³/mol. The molecule has 15 nitrogen and oxygen atoms in total. The van der Waals surface area contributed by atoms with E-state index in [-0.39, 0.29) is 41.7 Å². The number of carbonyl (C=O) groups is 3.